The van der Waals surface area contributed by atoms with Crippen LogP contribution >= 0.6 is 0 Å². The van der Waals surface area contributed by atoms with E-state index in [1.807, 2.05) is 6.21 Å². The fraction of sp³-hybridized carbons (Fsp3) is 0.167. The molecule has 126 valence electrons. The smallest absolute Gasteiger partial charge is 0.0774 e. The first-order valence-corrected chi connectivity index (χ1v) is 9.32. The number of hydrogen-bond acceptors (Lipinski definition) is 2. The Balaban J connectivity index is 1.64. The second-order valence-corrected chi connectivity index (χ2v) is 6.97. The molecule has 1 heterocycles. The fourth-order valence-corrected chi connectivity index (χ4v) is 3.92. The Morgan fingerprint density at radius 1 is 0.808 bits per heavy atom. The molecule has 5 rings (SSSR count). The number of pyridine rings is 1. The third-order valence-corrected chi connectivity index (χ3v) is 5.26. The minimum Gasteiger partial charge on any atom is -0.255 e. The van der Waals surface area contributed by atoms with E-state index in [-0.39, 0.29) is 0 Å². The standard InChI is InChI=1S/C24H20N2/c1-2-8-19-15-17(13-14-18(19)7-1)16-25-24-20-9-3-5-11-22(20)26-23-12-6-4-10-21(23)24/h1-3,5,7-9,11,13-16H,4,6,10,12H2/b25-16+. The molecule has 0 spiro atoms. The van der Waals surface area contributed by atoms with Gasteiger partial charge in [0, 0.05) is 17.3 Å². The second kappa shape index (κ2) is 6.38. The van der Waals surface area contributed by atoms with Gasteiger partial charge in [-0.05, 0) is 59.7 Å². The Morgan fingerprint density at radius 2 is 1.62 bits per heavy atom. The monoisotopic (exact) mass is 336 g/mol. The zero-order valence-electron chi connectivity index (χ0n) is 14.7. The number of rotatable bonds is 2. The third kappa shape index (κ3) is 2.68. The summed E-state index contributed by atoms with van der Waals surface area (Å²) in [4.78, 5) is 9.86. The van der Waals surface area contributed by atoms with Crippen molar-refractivity contribution in [2.45, 2.75) is 25.7 Å². The normalized spacial score (nSPS) is 14.2. The van der Waals surface area contributed by atoms with Crippen molar-refractivity contribution in [2.24, 2.45) is 4.99 Å². The van der Waals surface area contributed by atoms with Gasteiger partial charge in [-0.2, -0.15) is 0 Å². The first-order valence-electron chi connectivity index (χ1n) is 9.32. The predicted octanol–water partition coefficient (Wildman–Crippen LogP) is 6.02. The van der Waals surface area contributed by atoms with Crippen molar-refractivity contribution in [3.8, 4) is 0 Å². The summed E-state index contributed by atoms with van der Waals surface area (Å²) in [6.45, 7) is 0. The number of nitrogens with zero attached hydrogens (tertiary/aromatic N) is 2. The number of aryl methyl sites for hydroxylation is 1. The number of fused-ring (bicyclic) bond motifs is 3. The molecule has 0 bridgehead atoms. The number of aromatic nitrogens is 1. The number of benzene rings is 3. The number of para-hydroxylation sites is 1. The zero-order chi connectivity index (χ0) is 17.3. The van der Waals surface area contributed by atoms with Crippen molar-refractivity contribution < 1.29 is 0 Å². The molecule has 0 saturated heterocycles. The van der Waals surface area contributed by atoms with E-state index in [0.717, 1.165) is 35.0 Å². The molecule has 1 aromatic heterocycles. The van der Waals surface area contributed by atoms with E-state index in [2.05, 4.69) is 66.7 Å². The van der Waals surface area contributed by atoms with Gasteiger partial charge in [-0.15, -0.1) is 0 Å². The van der Waals surface area contributed by atoms with Crippen LogP contribution in [0.15, 0.2) is 71.7 Å². The summed E-state index contributed by atoms with van der Waals surface area (Å²) in [6.07, 6.45) is 6.61. The molecule has 0 N–H and O–H groups in total. The first kappa shape index (κ1) is 15.3. The van der Waals surface area contributed by atoms with E-state index in [1.54, 1.807) is 0 Å². The van der Waals surface area contributed by atoms with Crippen LogP contribution in [0.1, 0.15) is 29.7 Å². The molecule has 0 radical (unpaired) electrons. The highest BCUT2D eigenvalue weighted by Crippen LogP contribution is 2.35. The summed E-state index contributed by atoms with van der Waals surface area (Å²) in [7, 11) is 0. The van der Waals surface area contributed by atoms with Gasteiger partial charge >= 0.3 is 0 Å². The van der Waals surface area contributed by atoms with Gasteiger partial charge in [0.05, 0.1) is 11.2 Å². The lowest BCUT2D eigenvalue weighted by molar-refractivity contribution is 0.672. The molecule has 0 fully saturated rings. The summed E-state index contributed by atoms with van der Waals surface area (Å²) in [5.41, 5.74) is 5.87. The molecular formula is C24H20N2. The Hall–Kier alpha value is -3.00. The lowest BCUT2D eigenvalue weighted by Gasteiger charge is -2.18. The van der Waals surface area contributed by atoms with Crippen LogP contribution < -0.4 is 0 Å². The molecule has 2 nitrogen and oxygen atoms in total. The maximum Gasteiger partial charge on any atom is 0.0774 e. The molecule has 0 aliphatic heterocycles. The third-order valence-electron chi connectivity index (χ3n) is 5.26. The van der Waals surface area contributed by atoms with Crippen molar-refractivity contribution in [3.63, 3.8) is 0 Å². The van der Waals surface area contributed by atoms with Gasteiger partial charge in [-0.3, -0.25) is 9.98 Å². The fourth-order valence-electron chi connectivity index (χ4n) is 3.92. The molecule has 0 amide bonds. The van der Waals surface area contributed by atoms with Crippen LogP contribution in [0.25, 0.3) is 21.7 Å². The molecule has 1 aliphatic rings. The van der Waals surface area contributed by atoms with Crippen LogP contribution in [-0.4, -0.2) is 11.2 Å². The molecular weight excluding hydrogens is 316 g/mol. The van der Waals surface area contributed by atoms with Gasteiger partial charge < -0.3 is 0 Å². The number of aliphatic imine (C=N–C) groups is 1. The van der Waals surface area contributed by atoms with Crippen molar-refractivity contribution in [1.82, 2.24) is 4.98 Å². The van der Waals surface area contributed by atoms with E-state index in [4.69, 9.17) is 9.98 Å². The van der Waals surface area contributed by atoms with Crippen molar-refractivity contribution >= 4 is 33.6 Å². The summed E-state index contributed by atoms with van der Waals surface area (Å²) >= 11 is 0. The van der Waals surface area contributed by atoms with E-state index in [1.165, 1.54) is 34.9 Å². The van der Waals surface area contributed by atoms with E-state index < -0.39 is 0 Å². The maximum absolute atomic E-state index is 4.96. The average molecular weight is 336 g/mol. The molecule has 1 aliphatic carbocycles. The Bertz CT molecular complexity index is 1140. The van der Waals surface area contributed by atoms with Crippen LogP contribution in [0.5, 0.6) is 0 Å². The quantitative estimate of drug-likeness (QED) is 0.411. The highest BCUT2D eigenvalue weighted by atomic mass is 14.8. The van der Waals surface area contributed by atoms with Crippen LogP contribution in [-0.2, 0) is 12.8 Å². The van der Waals surface area contributed by atoms with Gasteiger partial charge in [0.15, 0.2) is 0 Å². The highest BCUT2D eigenvalue weighted by Gasteiger charge is 2.17. The Labute approximate surface area is 153 Å². The lowest BCUT2D eigenvalue weighted by Crippen LogP contribution is -2.06. The highest BCUT2D eigenvalue weighted by molar-refractivity contribution is 5.96. The molecule has 26 heavy (non-hydrogen) atoms. The van der Waals surface area contributed by atoms with Crippen LogP contribution in [0.4, 0.5) is 5.69 Å². The molecule has 0 atom stereocenters. The van der Waals surface area contributed by atoms with Crippen LogP contribution in [0.3, 0.4) is 0 Å². The Kier molecular flexibility index (Phi) is 3.75. The van der Waals surface area contributed by atoms with Crippen LogP contribution in [0.2, 0.25) is 0 Å². The van der Waals surface area contributed by atoms with Crippen molar-refractivity contribution in [1.29, 1.82) is 0 Å². The second-order valence-electron chi connectivity index (χ2n) is 6.97. The largest absolute Gasteiger partial charge is 0.255 e. The zero-order valence-corrected chi connectivity index (χ0v) is 14.7. The summed E-state index contributed by atoms with van der Waals surface area (Å²) in [6, 6.07) is 23.3. The predicted molar refractivity (Wildman–Crippen MR) is 110 cm³/mol. The van der Waals surface area contributed by atoms with Gasteiger partial charge in [-0.1, -0.05) is 54.6 Å². The Morgan fingerprint density at radius 3 is 2.58 bits per heavy atom. The van der Waals surface area contributed by atoms with Gasteiger partial charge in [-0.25, -0.2) is 0 Å². The first-order chi connectivity index (χ1) is 12.9. The topological polar surface area (TPSA) is 25.2 Å². The van der Waals surface area contributed by atoms with Crippen LogP contribution in [0, 0.1) is 0 Å². The lowest BCUT2D eigenvalue weighted by atomic mass is 9.93. The minimum absolute atomic E-state index is 1.05. The van der Waals surface area contributed by atoms with Gasteiger partial charge in [0.1, 0.15) is 0 Å². The molecule has 3 aromatic carbocycles. The summed E-state index contributed by atoms with van der Waals surface area (Å²) < 4.78 is 0. The minimum atomic E-state index is 1.05. The van der Waals surface area contributed by atoms with Crippen molar-refractivity contribution in [2.75, 3.05) is 0 Å². The van der Waals surface area contributed by atoms with Crippen molar-refractivity contribution in [3.05, 3.63) is 83.6 Å². The molecule has 0 unspecified atom stereocenters. The van der Waals surface area contributed by atoms with Gasteiger partial charge in [0.2, 0.25) is 0 Å². The van der Waals surface area contributed by atoms with Gasteiger partial charge in [0.25, 0.3) is 0 Å². The van der Waals surface area contributed by atoms with E-state index in [9.17, 15) is 0 Å². The molecule has 0 saturated carbocycles. The molecule has 2 heteroatoms. The molecule has 4 aromatic rings. The summed E-state index contributed by atoms with van der Waals surface area (Å²) in [5.74, 6) is 0. The SMILES string of the molecule is C(=N\c1c2c(nc3ccccc13)CCCC2)/c1ccc2ccccc2c1. The summed E-state index contributed by atoms with van der Waals surface area (Å²) in [5, 5.41) is 3.67. The van der Waals surface area contributed by atoms with E-state index in [0.29, 0.717) is 0 Å². The maximum atomic E-state index is 4.96. The average Bonchev–Trinajstić information content (AvgIpc) is 2.71. The van der Waals surface area contributed by atoms with E-state index >= 15 is 0 Å². The number of hydrogen-bond donors (Lipinski definition) is 0.